The Kier molecular flexibility index (Phi) is 5.80. The van der Waals surface area contributed by atoms with Gasteiger partial charge in [0, 0.05) is 26.2 Å². The van der Waals surface area contributed by atoms with Crippen LogP contribution in [-0.4, -0.2) is 41.9 Å². The molecule has 1 aliphatic rings. The van der Waals surface area contributed by atoms with Gasteiger partial charge in [0.25, 0.3) is 0 Å². The molecule has 1 heterocycles. The molecule has 3 nitrogen and oxygen atoms in total. The third-order valence-electron chi connectivity index (χ3n) is 4.59. The Morgan fingerprint density at radius 3 is 2.67 bits per heavy atom. The molecule has 1 aromatic carbocycles. The molecule has 1 unspecified atom stereocenters. The number of hydrogen-bond acceptors (Lipinski definition) is 2. The van der Waals surface area contributed by atoms with Crippen molar-refractivity contribution in [3.05, 3.63) is 35.4 Å². The average molecular weight is 288 g/mol. The zero-order valence-electron chi connectivity index (χ0n) is 13.6. The van der Waals surface area contributed by atoms with Crippen molar-refractivity contribution in [2.24, 2.45) is 5.92 Å². The van der Waals surface area contributed by atoms with Gasteiger partial charge in [0.1, 0.15) is 0 Å². The van der Waals surface area contributed by atoms with Crippen LogP contribution in [0.1, 0.15) is 37.8 Å². The third kappa shape index (κ3) is 4.07. The minimum Gasteiger partial charge on any atom is -0.343 e. The van der Waals surface area contributed by atoms with E-state index in [1.807, 2.05) is 4.90 Å². The summed E-state index contributed by atoms with van der Waals surface area (Å²) in [4.78, 5) is 16.9. The summed E-state index contributed by atoms with van der Waals surface area (Å²) in [6.45, 7) is 10.9. The van der Waals surface area contributed by atoms with E-state index >= 15 is 0 Å². The lowest BCUT2D eigenvalue weighted by Crippen LogP contribution is -2.44. The summed E-state index contributed by atoms with van der Waals surface area (Å²) in [5, 5.41) is 0. The number of hydrogen-bond donors (Lipinski definition) is 0. The van der Waals surface area contributed by atoms with Gasteiger partial charge < -0.3 is 4.90 Å². The highest BCUT2D eigenvalue weighted by Crippen LogP contribution is 2.21. The number of rotatable bonds is 5. The molecule has 0 aromatic heterocycles. The van der Waals surface area contributed by atoms with Crippen LogP contribution in [0, 0.1) is 12.8 Å². The summed E-state index contributed by atoms with van der Waals surface area (Å²) in [6.07, 6.45) is 2.17. The number of aryl methyl sites for hydroxylation is 1. The summed E-state index contributed by atoms with van der Waals surface area (Å²) in [7, 11) is 0. The van der Waals surface area contributed by atoms with Gasteiger partial charge in [0.2, 0.25) is 5.91 Å². The molecular weight excluding hydrogens is 260 g/mol. The predicted octanol–water partition coefficient (Wildman–Crippen LogP) is 3.08. The minimum absolute atomic E-state index is 0.183. The Labute approximate surface area is 128 Å². The van der Waals surface area contributed by atoms with Crippen LogP contribution in [0.3, 0.4) is 0 Å². The fraction of sp³-hybridized carbons (Fsp3) is 0.611. The van der Waals surface area contributed by atoms with E-state index in [-0.39, 0.29) is 5.92 Å². The van der Waals surface area contributed by atoms with E-state index in [0.29, 0.717) is 5.91 Å². The molecule has 116 valence electrons. The van der Waals surface area contributed by atoms with Crippen LogP contribution >= 0.6 is 0 Å². The lowest BCUT2D eigenvalue weighted by molar-refractivity contribution is -0.137. The second-order valence-corrected chi connectivity index (χ2v) is 6.01. The second kappa shape index (κ2) is 7.60. The van der Waals surface area contributed by atoms with E-state index in [1.54, 1.807) is 0 Å². The van der Waals surface area contributed by atoms with Gasteiger partial charge in [-0.15, -0.1) is 0 Å². The zero-order valence-corrected chi connectivity index (χ0v) is 13.6. The van der Waals surface area contributed by atoms with Gasteiger partial charge in [-0.3, -0.25) is 9.69 Å². The lowest BCUT2D eigenvalue weighted by atomic mass is 9.95. The molecule has 0 spiro atoms. The van der Waals surface area contributed by atoms with Gasteiger partial charge in [0.15, 0.2) is 0 Å². The summed E-state index contributed by atoms with van der Waals surface area (Å²) >= 11 is 0. The fourth-order valence-electron chi connectivity index (χ4n) is 3.22. The summed E-state index contributed by atoms with van der Waals surface area (Å²) in [5.74, 6) is 0.525. The summed E-state index contributed by atoms with van der Waals surface area (Å²) < 4.78 is 0. The molecule has 0 N–H and O–H groups in total. The monoisotopic (exact) mass is 288 g/mol. The Bertz CT molecular complexity index is 468. The first-order chi connectivity index (χ1) is 10.2. The molecule has 1 fully saturated rings. The number of likely N-dealkylation sites (tertiary alicyclic amines) is 1. The van der Waals surface area contributed by atoms with Crippen molar-refractivity contribution in [3.8, 4) is 0 Å². The SMILES string of the molecule is CCN(CC)C(=O)C1CCCN(Cc2ccccc2C)C1. The lowest BCUT2D eigenvalue weighted by Gasteiger charge is -2.34. The highest BCUT2D eigenvalue weighted by molar-refractivity contribution is 5.79. The quantitative estimate of drug-likeness (QED) is 0.831. The molecule has 0 saturated carbocycles. The molecule has 3 heteroatoms. The second-order valence-electron chi connectivity index (χ2n) is 6.01. The number of amides is 1. The van der Waals surface area contributed by atoms with Crippen LogP contribution in [0.2, 0.25) is 0 Å². The maximum atomic E-state index is 12.5. The van der Waals surface area contributed by atoms with Crippen molar-refractivity contribution in [2.75, 3.05) is 26.2 Å². The topological polar surface area (TPSA) is 23.6 Å². The normalized spacial score (nSPS) is 19.5. The highest BCUT2D eigenvalue weighted by atomic mass is 16.2. The minimum atomic E-state index is 0.183. The first-order valence-corrected chi connectivity index (χ1v) is 8.21. The molecule has 1 aliphatic heterocycles. The van der Waals surface area contributed by atoms with Crippen molar-refractivity contribution in [1.82, 2.24) is 9.80 Å². The number of carbonyl (C=O) groups excluding carboxylic acids is 1. The van der Waals surface area contributed by atoms with Gasteiger partial charge in [-0.2, -0.15) is 0 Å². The number of carbonyl (C=O) groups is 1. The fourth-order valence-corrected chi connectivity index (χ4v) is 3.22. The van der Waals surface area contributed by atoms with Crippen LogP contribution < -0.4 is 0 Å². The Morgan fingerprint density at radius 2 is 2.00 bits per heavy atom. The largest absolute Gasteiger partial charge is 0.343 e. The summed E-state index contributed by atoms with van der Waals surface area (Å²) in [6, 6.07) is 8.55. The molecule has 1 amide bonds. The van der Waals surface area contributed by atoms with Crippen LogP contribution in [0.5, 0.6) is 0 Å². The van der Waals surface area contributed by atoms with Gasteiger partial charge >= 0.3 is 0 Å². The number of piperidine rings is 1. The molecule has 0 bridgehead atoms. The van der Waals surface area contributed by atoms with Crippen LogP contribution in [0.4, 0.5) is 0 Å². The molecule has 21 heavy (non-hydrogen) atoms. The molecule has 2 rings (SSSR count). The zero-order chi connectivity index (χ0) is 15.2. The van der Waals surface area contributed by atoms with E-state index in [9.17, 15) is 4.79 Å². The van der Waals surface area contributed by atoms with Crippen LogP contribution in [0.25, 0.3) is 0 Å². The van der Waals surface area contributed by atoms with E-state index in [0.717, 1.165) is 45.6 Å². The Morgan fingerprint density at radius 1 is 1.29 bits per heavy atom. The highest BCUT2D eigenvalue weighted by Gasteiger charge is 2.28. The van der Waals surface area contributed by atoms with Crippen LogP contribution in [-0.2, 0) is 11.3 Å². The van der Waals surface area contributed by atoms with Crippen molar-refractivity contribution in [1.29, 1.82) is 0 Å². The van der Waals surface area contributed by atoms with Crippen molar-refractivity contribution in [2.45, 2.75) is 40.2 Å². The van der Waals surface area contributed by atoms with Crippen molar-refractivity contribution in [3.63, 3.8) is 0 Å². The predicted molar refractivity (Wildman–Crippen MR) is 87.1 cm³/mol. The van der Waals surface area contributed by atoms with Crippen molar-refractivity contribution < 1.29 is 4.79 Å². The average Bonchev–Trinajstić information content (AvgIpc) is 2.51. The third-order valence-corrected chi connectivity index (χ3v) is 4.59. The van der Waals surface area contributed by atoms with Crippen molar-refractivity contribution >= 4 is 5.91 Å². The summed E-state index contributed by atoms with van der Waals surface area (Å²) in [5.41, 5.74) is 2.73. The molecule has 1 aromatic rings. The molecule has 1 atom stereocenters. The standard InChI is InChI=1S/C18H28N2O/c1-4-20(5-2)18(21)17-11-8-12-19(14-17)13-16-10-7-6-9-15(16)3/h6-7,9-10,17H,4-5,8,11-14H2,1-3H3. The van der Waals surface area contributed by atoms with E-state index in [2.05, 4.69) is 49.9 Å². The molecule has 1 saturated heterocycles. The van der Waals surface area contributed by atoms with E-state index in [4.69, 9.17) is 0 Å². The smallest absolute Gasteiger partial charge is 0.226 e. The molecular formula is C18H28N2O. The van der Waals surface area contributed by atoms with Gasteiger partial charge in [0.05, 0.1) is 5.92 Å². The van der Waals surface area contributed by atoms with Gasteiger partial charge in [-0.1, -0.05) is 24.3 Å². The van der Waals surface area contributed by atoms with Crippen LogP contribution in [0.15, 0.2) is 24.3 Å². The first-order valence-electron chi connectivity index (χ1n) is 8.21. The maximum Gasteiger partial charge on any atom is 0.226 e. The first kappa shape index (κ1) is 16.0. The number of benzene rings is 1. The Balaban J connectivity index is 1.98. The Hall–Kier alpha value is -1.35. The van der Waals surface area contributed by atoms with Gasteiger partial charge in [-0.05, 0) is 51.3 Å². The van der Waals surface area contributed by atoms with Gasteiger partial charge in [-0.25, -0.2) is 0 Å². The molecule has 0 radical (unpaired) electrons. The molecule has 0 aliphatic carbocycles. The van der Waals surface area contributed by atoms with E-state index in [1.165, 1.54) is 11.1 Å². The maximum absolute atomic E-state index is 12.5. The number of nitrogens with zero attached hydrogens (tertiary/aromatic N) is 2. The van der Waals surface area contributed by atoms with E-state index < -0.39 is 0 Å².